The third-order valence-corrected chi connectivity index (χ3v) is 2.83. The molecule has 0 bridgehead atoms. The molecule has 2 aromatic rings. The van der Waals surface area contributed by atoms with E-state index in [1.807, 2.05) is 6.92 Å². The predicted octanol–water partition coefficient (Wildman–Crippen LogP) is 2.07. The SMILES string of the molecule is Cc1[nH]ncc1CCCNc1ncccc1[N+](=O)[O-]. The number of pyridine rings is 1. The number of hydrogen-bond donors (Lipinski definition) is 2. The van der Waals surface area contributed by atoms with Crippen molar-refractivity contribution >= 4 is 11.5 Å². The first kappa shape index (κ1) is 13.0. The number of hydrogen-bond acceptors (Lipinski definition) is 5. The number of rotatable bonds is 6. The van der Waals surface area contributed by atoms with Gasteiger partial charge < -0.3 is 5.32 Å². The summed E-state index contributed by atoms with van der Waals surface area (Å²) >= 11 is 0. The van der Waals surface area contributed by atoms with Crippen LogP contribution in [0.25, 0.3) is 0 Å². The second kappa shape index (κ2) is 5.94. The van der Waals surface area contributed by atoms with Crippen LogP contribution in [-0.2, 0) is 6.42 Å². The molecular formula is C12H15N5O2. The fourth-order valence-electron chi connectivity index (χ4n) is 1.79. The number of nitro groups is 1. The van der Waals surface area contributed by atoms with Gasteiger partial charge in [-0.15, -0.1) is 0 Å². The van der Waals surface area contributed by atoms with Crippen LogP contribution in [0.4, 0.5) is 11.5 Å². The molecule has 0 saturated carbocycles. The van der Waals surface area contributed by atoms with Gasteiger partial charge >= 0.3 is 5.69 Å². The zero-order chi connectivity index (χ0) is 13.7. The van der Waals surface area contributed by atoms with Crippen molar-refractivity contribution in [1.29, 1.82) is 0 Å². The number of anilines is 1. The van der Waals surface area contributed by atoms with Crippen LogP contribution >= 0.6 is 0 Å². The Morgan fingerprint density at radius 1 is 1.53 bits per heavy atom. The highest BCUT2D eigenvalue weighted by molar-refractivity contribution is 5.54. The summed E-state index contributed by atoms with van der Waals surface area (Å²) in [6.07, 6.45) is 5.07. The summed E-state index contributed by atoms with van der Waals surface area (Å²) in [5.41, 5.74) is 2.23. The molecule has 0 amide bonds. The molecule has 0 unspecified atom stereocenters. The molecular weight excluding hydrogens is 246 g/mol. The molecule has 0 fully saturated rings. The lowest BCUT2D eigenvalue weighted by Gasteiger charge is -2.05. The van der Waals surface area contributed by atoms with Crippen molar-refractivity contribution < 1.29 is 4.92 Å². The number of aryl methyl sites for hydroxylation is 2. The summed E-state index contributed by atoms with van der Waals surface area (Å²) in [6.45, 7) is 2.60. The molecule has 2 N–H and O–H groups in total. The van der Waals surface area contributed by atoms with E-state index in [9.17, 15) is 10.1 Å². The third-order valence-electron chi connectivity index (χ3n) is 2.83. The van der Waals surface area contributed by atoms with Crippen molar-refractivity contribution in [2.45, 2.75) is 19.8 Å². The minimum atomic E-state index is -0.435. The van der Waals surface area contributed by atoms with Crippen molar-refractivity contribution in [1.82, 2.24) is 15.2 Å². The Bertz CT molecular complexity index is 567. The van der Waals surface area contributed by atoms with Crippen LogP contribution in [0, 0.1) is 17.0 Å². The van der Waals surface area contributed by atoms with E-state index in [1.54, 1.807) is 12.3 Å². The molecule has 2 heterocycles. The lowest BCUT2D eigenvalue weighted by molar-refractivity contribution is -0.384. The van der Waals surface area contributed by atoms with Gasteiger partial charge in [-0.3, -0.25) is 15.2 Å². The molecule has 2 rings (SSSR count). The maximum atomic E-state index is 10.8. The van der Waals surface area contributed by atoms with Crippen molar-refractivity contribution in [2.75, 3.05) is 11.9 Å². The Balaban J connectivity index is 1.86. The molecule has 0 aliphatic carbocycles. The first-order valence-electron chi connectivity index (χ1n) is 6.00. The summed E-state index contributed by atoms with van der Waals surface area (Å²) in [7, 11) is 0. The van der Waals surface area contributed by atoms with Gasteiger partial charge in [0, 0.05) is 24.5 Å². The number of H-pyrrole nitrogens is 1. The zero-order valence-corrected chi connectivity index (χ0v) is 10.6. The van der Waals surface area contributed by atoms with Gasteiger partial charge in [0.25, 0.3) is 0 Å². The van der Waals surface area contributed by atoms with Gasteiger partial charge in [-0.2, -0.15) is 5.10 Å². The smallest absolute Gasteiger partial charge is 0.311 e. The third kappa shape index (κ3) is 3.27. The monoisotopic (exact) mass is 261 g/mol. The van der Waals surface area contributed by atoms with Gasteiger partial charge in [0.1, 0.15) is 0 Å². The summed E-state index contributed by atoms with van der Waals surface area (Å²) < 4.78 is 0. The van der Waals surface area contributed by atoms with Crippen LogP contribution in [0.3, 0.4) is 0 Å². The quantitative estimate of drug-likeness (QED) is 0.471. The lowest BCUT2D eigenvalue weighted by atomic mass is 10.1. The van der Waals surface area contributed by atoms with E-state index in [2.05, 4.69) is 20.5 Å². The second-order valence-corrected chi connectivity index (χ2v) is 4.18. The van der Waals surface area contributed by atoms with Crippen LogP contribution in [0.2, 0.25) is 0 Å². The van der Waals surface area contributed by atoms with Crippen molar-refractivity contribution in [3.05, 3.63) is 45.9 Å². The average Bonchev–Trinajstić information content (AvgIpc) is 2.80. The fraction of sp³-hybridized carbons (Fsp3) is 0.333. The standard InChI is InChI=1S/C12H15N5O2/c1-9-10(8-15-16-9)4-2-6-13-12-11(17(18)19)5-3-7-14-12/h3,5,7-8H,2,4,6H2,1H3,(H,13,14)(H,15,16). The zero-order valence-electron chi connectivity index (χ0n) is 10.6. The van der Waals surface area contributed by atoms with E-state index < -0.39 is 4.92 Å². The first-order chi connectivity index (χ1) is 9.18. The fourth-order valence-corrected chi connectivity index (χ4v) is 1.79. The molecule has 0 aliphatic rings. The summed E-state index contributed by atoms with van der Waals surface area (Å²) in [5, 5.41) is 20.6. The van der Waals surface area contributed by atoms with Crippen LogP contribution in [0.5, 0.6) is 0 Å². The molecule has 0 saturated heterocycles. The molecule has 100 valence electrons. The van der Waals surface area contributed by atoms with E-state index in [-0.39, 0.29) is 5.69 Å². The van der Waals surface area contributed by atoms with Crippen LogP contribution in [0.1, 0.15) is 17.7 Å². The lowest BCUT2D eigenvalue weighted by Crippen LogP contribution is -2.07. The van der Waals surface area contributed by atoms with E-state index >= 15 is 0 Å². The largest absolute Gasteiger partial charge is 0.364 e. The predicted molar refractivity (Wildman–Crippen MR) is 71.0 cm³/mol. The Labute approximate surface area is 110 Å². The molecule has 0 radical (unpaired) electrons. The first-order valence-corrected chi connectivity index (χ1v) is 6.00. The molecule has 7 nitrogen and oxygen atoms in total. The van der Waals surface area contributed by atoms with Crippen molar-refractivity contribution in [3.8, 4) is 0 Å². The van der Waals surface area contributed by atoms with Crippen molar-refractivity contribution in [2.24, 2.45) is 0 Å². The van der Waals surface area contributed by atoms with E-state index in [0.29, 0.717) is 12.4 Å². The van der Waals surface area contributed by atoms with Gasteiger partial charge in [0.2, 0.25) is 5.82 Å². The molecule has 0 aromatic carbocycles. The number of aromatic nitrogens is 3. The highest BCUT2D eigenvalue weighted by atomic mass is 16.6. The second-order valence-electron chi connectivity index (χ2n) is 4.18. The van der Waals surface area contributed by atoms with E-state index in [0.717, 1.165) is 24.1 Å². The molecule has 0 aliphatic heterocycles. The minimum absolute atomic E-state index is 0.00184. The Morgan fingerprint density at radius 2 is 2.37 bits per heavy atom. The van der Waals surface area contributed by atoms with Crippen LogP contribution < -0.4 is 5.32 Å². The van der Waals surface area contributed by atoms with E-state index in [4.69, 9.17) is 0 Å². The van der Waals surface area contributed by atoms with E-state index in [1.165, 1.54) is 12.3 Å². The number of aromatic amines is 1. The Hall–Kier alpha value is -2.44. The van der Waals surface area contributed by atoms with Gasteiger partial charge in [0.15, 0.2) is 0 Å². The maximum absolute atomic E-state index is 10.8. The number of nitrogens with one attached hydrogen (secondary N) is 2. The molecule has 0 atom stereocenters. The summed E-state index contributed by atoms with van der Waals surface area (Å²) in [6, 6.07) is 2.99. The Morgan fingerprint density at radius 3 is 3.05 bits per heavy atom. The van der Waals surface area contributed by atoms with Crippen LogP contribution in [0.15, 0.2) is 24.5 Å². The van der Waals surface area contributed by atoms with Gasteiger partial charge in [-0.25, -0.2) is 4.98 Å². The maximum Gasteiger partial charge on any atom is 0.311 e. The van der Waals surface area contributed by atoms with Crippen LogP contribution in [-0.4, -0.2) is 26.6 Å². The Kier molecular flexibility index (Phi) is 4.07. The average molecular weight is 261 g/mol. The molecule has 0 spiro atoms. The highest BCUT2D eigenvalue weighted by Gasteiger charge is 2.13. The highest BCUT2D eigenvalue weighted by Crippen LogP contribution is 2.20. The number of nitrogens with zero attached hydrogens (tertiary/aromatic N) is 3. The summed E-state index contributed by atoms with van der Waals surface area (Å²) in [5.74, 6) is 0.316. The van der Waals surface area contributed by atoms with Gasteiger partial charge in [0.05, 0.1) is 11.1 Å². The van der Waals surface area contributed by atoms with Gasteiger partial charge in [-0.1, -0.05) is 0 Å². The van der Waals surface area contributed by atoms with Crippen molar-refractivity contribution in [3.63, 3.8) is 0 Å². The molecule has 7 heteroatoms. The normalized spacial score (nSPS) is 10.4. The molecule has 2 aromatic heterocycles. The minimum Gasteiger partial charge on any atom is -0.364 e. The molecule has 19 heavy (non-hydrogen) atoms. The summed E-state index contributed by atoms with van der Waals surface area (Å²) in [4.78, 5) is 14.3. The topological polar surface area (TPSA) is 96.7 Å². The van der Waals surface area contributed by atoms with Gasteiger partial charge in [-0.05, 0) is 31.4 Å².